The number of aromatic nitrogens is 3. The third-order valence-corrected chi connectivity index (χ3v) is 4.73. The monoisotopic (exact) mass is 412 g/mol. The molecule has 0 aliphatic heterocycles. The Hall–Kier alpha value is -3.19. The summed E-state index contributed by atoms with van der Waals surface area (Å²) in [4.78, 5) is 29.1. The van der Waals surface area contributed by atoms with Crippen LogP contribution in [0.1, 0.15) is 41.4 Å². The van der Waals surface area contributed by atoms with Gasteiger partial charge in [0.2, 0.25) is 0 Å². The van der Waals surface area contributed by atoms with Gasteiger partial charge in [0.05, 0.1) is 11.9 Å². The van der Waals surface area contributed by atoms with Crippen molar-refractivity contribution in [2.75, 3.05) is 11.9 Å². The fourth-order valence-electron chi connectivity index (χ4n) is 2.87. The first kappa shape index (κ1) is 20.5. The van der Waals surface area contributed by atoms with Gasteiger partial charge in [-0.15, -0.1) is 0 Å². The zero-order chi connectivity index (χ0) is 21.0. The number of ether oxygens (including phenoxy) is 1. The lowest BCUT2D eigenvalue weighted by molar-refractivity contribution is -0.119. The maximum Gasteiger partial charge on any atom is 0.342 e. The second kappa shape index (κ2) is 8.87. The Labute approximate surface area is 173 Å². The van der Waals surface area contributed by atoms with E-state index in [0.717, 1.165) is 5.56 Å². The van der Waals surface area contributed by atoms with Crippen LogP contribution in [-0.4, -0.2) is 33.2 Å². The van der Waals surface area contributed by atoms with Crippen LogP contribution >= 0.6 is 11.6 Å². The molecule has 2 aromatic heterocycles. The van der Waals surface area contributed by atoms with E-state index >= 15 is 0 Å². The van der Waals surface area contributed by atoms with Gasteiger partial charge in [0, 0.05) is 16.9 Å². The molecule has 0 bridgehead atoms. The highest BCUT2D eigenvalue weighted by atomic mass is 35.5. The highest BCUT2D eigenvalue weighted by Crippen LogP contribution is 2.24. The van der Waals surface area contributed by atoms with Gasteiger partial charge in [0.1, 0.15) is 5.56 Å². The summed E-state index contributed by atoms with van der Waals surface area (Å²) in [5.74, 6) is -0.477. The van der Waals surface area contributed by atoms with Crippen LogP contribution in [0.25, 0.3) is 5.82 Å². The van der Waals surface area contributed by atoms with Crippen molar-refractivity contribution in [1.29, 1.82) is 0 Å². The summed E-state index contributed by atoms with van der Waals surface area (Å²) in [6, 6.07) is 10.6. The number of esters is 1. The van der Waals surface area contributed by atoms with Gasteiger partial charge in [0.15, 0.2) is 12.4 Å². The molecule has 7 nitrogen and oxygen atoms in total. The number of amides is 1. The summed E-state index contributed by atoms with van der Waals surface area (Å²) in [5.41, 5.74) is 2.29. The molecule has 0 aliphatic carbocycles. The van der Waals surface area contributed by atoms with E-state index in [1.165, 1.54) is 6.20 Å². The molecule has 3 rings (SSSR count). The Bertz CT molecular complexity index is 1030. The average molecular weight is 413 g/mol. The van der Waals surface area contributed by atoms with E-state index in [4.69, 9.17) is 16.3 Å². The standard InChI is InChI=1S/C21H21ClN4O3/c1-13(2)20-15(11-24-26(20)18-9-4-5-10-23-18)21(28)29-12-19(27)25-17-8-6-7-16(22)14(17)3/h4-11,13H,12H2,1-3H3,(H,25,27). The number of pyridine rings is 1. The number of hydrogen-bond acceptors (Lipinski definition) is 5. The van der Waals surface area contributed by atoms with Gasteiger partial charge < -0.3 is 10.1 Å². The third-order valence-electron chi connectivity index (χ3n) is 4.32. The molecule has 2 heterocycles. The Balaban J connectivity index is 1.72. The smallest absolute Gasteiger partial charge is 0.342 e. The van der Waals surface area contributed by atoms with Crippen molar-refractivity contribution in [3.8, 4) is 5.82 Å². The molecule has 0 spiro atoms. The second-order valence-corrected chi connectivity index (χ2v) is 7.14. The Kier molecular flexibility index (Phi) is 6.29. The van der Waals surface area contributed by atoms with Crippen LogP contribution in [0.2, 0.25) is 5.02 Å². The minimum Gasteiger partial charge on any atom is -0.452 e. The molecule has 150 valence electrons. The molecule has 0 aliphatic rings. The summed E-state index contributed by atoms with van der Waals surface area (Å²) in [7, 11) is 0. The van der Waals surface area contributed by atoms with Gasteiger partial charge in [-0.3, -0.25) is 4.79 Å². The molecular weight excluding hydrogens is 392 g/mol. The number of nitrogens with zero attached hydrogens (tertiary/aromatic N) is 3. The predicted octanol–water partition coefficient (Wildman–Crippen LogP) is 4.15. The van der Waals surface area contributed by atoms with E-state index in [-0.39, 0.29) is 5.92 Å². The highest BCUT2D eigenvalue weighted by Gasteiger charge is 2.23. The molecule has 1 amide bonds. The highest BCUT2D eigenvalue weighted by molar-refractivity contribution is 6.31. The zero-order valence-electron chi connectivity index (χ0n) is 16.3. The first-order valence-corrected chi connectivity index (χ1v) is 9.47. The van der Waals surface area contributed by atoms with Crippen molar-refractivity contribution < 1.29 is 14.3 Å². The summed E-state index contributed by atoms with van der Waals surface area (Å²) in [6.07, 6.45) is 3.09. The number of nitrogens with one attached hydrogen (secondary N) is 1. The molecular formula is C21H21ClN4O3. The molecule has 0 saturated heterocycles. The van der Waals surface area contributed by atoms with E-state index < -0.39 is 18.5 Å². The van der Waals surface area contributed by atoms with Gasteiger partial charge in [-0.05, 0) is 42.7 Å². The summed E-state index contributed by atoms with van der Waals surface area (Å²) >= 11 is 6.05. The van der Waals surface area contributed by atoms with Gasteiger partial charge in [0.25, 0.3) is 5.91 Å². The molecule has 1 aromatic carbocycles. The van der Waals surface area contributed by atoms with E-state index in [1.54, 1.807) is 48.1 Å². The van der Waals surface area contributed by atoms with E-state index in [9.17, 15) is 9.59 Å². The van der Waals surface area contributed by atoms with Gasteiger partial charge >= 0.3 is 5.97 Å². The number of rotatable bonds is 6. The number of benzene rings is 1. The molecule has 0 fully saturated rings. The molecule has 3 aromatic rings. The van der Waals surface area contributed by atoms with Crippen molar-refractivity contribution in [3.63, 3.8) is 0 Å². The fraction of sp³-hybridized carbons (Fsp3) is 0.238. The van der Waals surface area contributed by atoms with Gasteiger partial charge in [-0.1, -0.05) is 37.6 Å². The topological polar surface area (TPSA) is 86.1 Å². The van der Waals surface area contributed by atoms with Crippen LogP contribution in [0.4, 0.5) is 5.69 Å². The molecule has 0 saturated carbocycles. The minimum atomic E-state index is -0.617. The number of halogens is 1. The number of anilines is 1. The predicted molar refractivity (Wildman–Crippen MR) is 111 cm³/mol. The maximum atomic E-state index is 12.6. The van der Waals surface area contributed by atoms with Crippen LogP contribution in [0.15, 0.2) is 48.8 Å². The van der Waals surface area contributed by atoms with Crippen LogP contribution in [0.3, 0.4) is 0 Å². The first-order valence-electron chi connectivity index (χ1n) is 9.10. The summed E-state index contributed by atoms with van der Waals surface area (Å²) in [5, 5.41) is 7.52. The van der Waals surface area contributed by atoms with Crippen molar-refractivity contribution >= 4 is 29.2 Å². The Morgan fingerprint density at radius 1 is 1.21 bits per heavy atom. The van der Waals surface area contributed by atoms with E-state index in [1.807, 2.05) is 19.9 Å². The van der Waals surface area contributed by atoms with Crippen molar-refractivity contribution in [1.82, 2.24) is 14.8 Å². The third kappa shape index (κ3) is 4.63. The quantitative estimate of drug-likeness (QED) is 0.614. The molecule has 0 radical (unpaired) electrons. The normalized spacial score (nSPS) is 10.8. The first-order chi connectivity index (χ1) is 13.9. The fourth-order valence-corrected chi connectivity index (χ4v) is 3.04. The molecule has 8 heteroatoms. The number of hydrogen-bond donors (Lipinski definition) is 1. The van der Waals surface area contributed by atoms with E-state index in [2.05, 4.69) is 15.4 Å². The van der Waals surface area contributed by atoms with Crippen LogP contribution < -0.4 is 5.32 Å². The zero-order valence-corrected chi connectivity index (χ0v) is 17.1. The lowest BCUT2D eigenvalue weighted by Gasteiger charge is -2.12. The van der Waals surface area contributed by atoms with Crippen LogP contribution in [-0.2, 0) is 9.53 Å². The largest absolute Gasteiger partial charge is 0.452 e. The van der Waals surface area contributed by atoms with Crippen LogP contribution in [0.5, 0.6) is 0 Å². The molecule has 0 atom stereocenters. The lowest BCUT2D eigenvalue weighted by Crippen LogP contribution is -2.22. The Morgan fingerprint density at radius 3 is 2.69 bits per heavy atom. The molecule has 0 unspecified atom stereocenters. The van der Waals surface area contributed by atoms with Crippen molar-refractivity contribution in [2.45, 2.75) is 26.7 Å². The van der Waals surface area contributed by atoms with Gasteiger partial charge in [-0.2, -0.15) is 5.10 Å². The number of carbonyl (C=O) groups is 2. The molecule has 29 heavy (non-hydrogen) atoms. The number of carbonyl (C=O) groups excluding carboxylic acids is 2. The van der Waals surface area contributed by atoms with Crippen molar-refractivity contribution in [3.05, 3.63) is 70.6 Å². The summed E-state index contributed by atoms with van der Waals surface area (Å²) < 4.78 is 6.82. The average Bonchev–Trinajstić information content (AvgIpc) is 3.16. The van der Waals surface area contributed by atoms with Gasteiger partial charge in [-0.25, -0.2) is 14.5 Å². The molecule has 1 N–H and O–H groups in total. The lowest BCUT2D eigenvalue weighted by atomic mass is 10.1. The van der Waals surface area contributed by atoms with Crippen molar-refractivity contribution in [2.24, 2.45) is 0 Å². The van der Waals surface area contributed by atoms with Crippen LogP contribution in [0, 0.1) is 6.92 Å². The SMILES string of the molecule is Cc1c(Cl)cccc1NC(=O)COC(=O)c1cnn(-c2ccccn2)c1C(C)C. The van der Waals surface area contributed by atoms with E-state index in [0.29, 0.717) is 27.8 Å². The maximum absolute atomic E-state index is 12.6. The summed E-state index contributed by atoms with van der Waals surface area (Å²) in [6.45, 7) is 5.27. The minimum absolute atomic E-state index is 0.00927. The Morgan fingerprint density at radius 2 is 2.00 bits per heavy atom. The second-order valence-electron chi connectivity index (χ2n) is 6.73.